The highest BCUT2D eigenvalue weighted by Crippen LogP contribution is 2.26. The molecule has 1 amide bonds. The molecule has 8 nitrogen and oxygen atoms in total. The van der Waals surface area contributed by atoms with Crippen LogP contribution in [0.15, 0.2) is 73.1 Å². The number of rotatable bonds is 7. The summed E-state index contributed by atoms with van der Waals surface area (Å²) in [4.78, 5) is 30.7. The van der Waals surface area contributed by atoms with E-state index in [1.54, 1.807) is 18.5 Å². The Kier molecular flexibility index (Phi) is 7.26. The lowest BCUT2D eigenvalue weighted by Crippen LogP contribution is -2.47. The molecule has 188 valence electrons. The van der Waals surface area contributed by atoms with Gasteiger partial charge in [0, 0.05) is 61.3 Å². The highest BCUT2D eigenvalue weighted by Gasteiger charge is 2.20. The van der Waals surface area contributed by atoms with Crippen LogP contribution in [0.1, 0.15) is 18.1 Å². The lowest BCUT2D eigenvalue weighted by atomic mass is 10.1. The fourth-order valence-corrected chi connectivity index (χ4v) is 4.46. The van der Waals surface area contributed by atoms with Crippen LogP contribution in [-0.2, 0) is 4.79 Å². The van der Waals surface area contributed by atoms with E-state index in [1.807, 2.05) is 55.5 Å². The maximum absolute atomic E-state index is 12.6. The molecule has 0 saturated carbocycles. The van der Waals surface area contributed by atoms with Crippen LogP contribution in [-0.4, -0.2) is 53.6 Å². The second kappa shape index (κ2) is 11.1. The molecule has 3 heterocycles. The van der Waals surface area contributed by atoms with Crippen LogP contribution in [0.2, 0.25) is 0 Å². The number of aryl methyl sites for hydroxylation is 1. The van der Waals surface area contributed by atoms with Gasteiger partial charge in [-0.25, -0.2) is 15.0 Å². The van der Waals surface area contributed by atoms with Crippen molar-refractivity contribution in [3.63, 3.8) is 0 Å². The third kappa shape index (κ3) is 5.69. The van der Waals surface area contributed by atoms with Crippen LogP contribution in [0.4, 0.5) is 17.5 Å². The first-order valence-corrected chi connectivity index (χ1v) is 12.5. The van der Waals surface area contributed by atoms with Crippen molar-refractivity contribution in [2.75, 3.05) is 47.9 Å². The Labute approximate surface area is 216 Å². The molecular weight excluding hydrogens is 464 g/mol. The molecule has 2 aromatic carbocycles. The number of aromatic nitrogens is 3. The third-order valence-corrected chi connectivity index (χ3v) is 6.34. The number of ether oxygens (including phenoxy) is 1. The first-order valence-electron chi connectivity index (χ1n) is 12.5. The fourth-order valence-electron chi connectivity index (χ4n) is 4.46. The molecule has 4 aromatic rings. The molecule has 0 spiro atoms. The number of hydrogen-bond donors (Lipinski definition) is 1. The van der Waals surface area contributed by atoms with Gasteiger partial charge in [0.15, 0.2) is 0 Å². The standard InChI is InChI=1S/C29H30N6O2/c1-3-37-26-8-5-4-7-22(26)9-12-28(36)32-23-10-11-25-24(20-23)21(2)19-27(33-25)34-15-17-35(18-16-34)29-30-13-6-14-31-29/h4-14,19-20H,3,15-18H2,1-2H3,(H,32,36). The molecule has 1 N–H and O–H groups in total. The Hall–Kier alpha value is -4.46. The molecule has 8 heteroatoms. The molecule has 0 aliphatic carbocycles. The van der Waals surface area contributed by atoms with Crippen molar-refractivity contribution < 1.29 is 9.53 Å². The highest BCUT2D eigenvalue weighted by atomic mass is 16.5. The van der Waals surface area contributed by atoms with Crippen molar-refractivity contribution >= 4 is 40.3 Å². The Morgan fingerprint density at radius 3 is 2.54 bits per heavy atom. The smallest absolute Gasteiger partial charge is 0.248 e. The Bertz CT molecular complexity index is 1410. The normalized spacial score (nSPS) is 13.8. The van der Waals surface area contributed by atoms with Gasteiger partial charge in [-0.3, -0.25) is 4.79 Å². The summed E-state index contributed by atoms with van der Waals surface area (Å²) < 4.78 is 5.63. The van der Waals surface area contributed by atoms with Gasteiger partial charge in [0.2, 0.25) is 11.9 Å². The molecule has 1 fully saturated rings. The number of piperazine rings is 1. The van der Waals surface area contributed by atoms with Crippen LogP contribution in [0, 0.1) is 6.92 Å². The summed E-state index contributed by atoms with van der Waals surface area (Å²) >= 11 is 0. The van der Waals surface area contributed by atoms with E-state index in [0.717, 1.165) is 71.4 Å². The van der Waals surface area contributed by atoms with Crippen LogP contribution >= 0.6 is 0 Å². The number of hydrogen-bond acceptors (Lipinski definition) is 7. The van der Waals surface area contributed by atoms with E-state index in [9.17, 15) is 4.79 Å². The van der Waals surface area contributed by atoms with Gasteiger partial charge >= 0.3 is 0 Å². The summed E-state index contributed by atoms with van der Waals surface area (Å²) in [6.07, 6.45) is 6.84. The predicted molar refractivity (Wildman–Crippen MR) is 148 cm³/mol. The van der Waals surface area contributed by atoms with Crippen LogP contribution < -0.4 is 19.9 Å². The molecule has 0 unspecified atom stereocenters. The Morgan fingerprint density at radius 1 is 1.00 bits per heavy atom. The molecule has 0 bridgehead atoms. The number of anilines is 3. The van der Waals surface area contributed by atoms with Crippen molar-refractivity contribution in [1.29, 1.82) is 0 Å². The van der Waals surface area contributed by atoms with Gasteiger partial charge in [-0.15, -0.1) is 0 Å². The van der Waals surface area contributed by atoms with Crippen LogP contribution in [0.25, 0.3) is 17.0 Å². The summed E-state index contributed by atoms with van der Waals surface area (Å²) in [6.45, 7) is 7.98. The predicted octanol–water partition coefficient (Wildman–Crippen LogP) is 4.71. The lowest BCUT2D eigenvalue weighted by molar-refractivity contribution is -0.111. The van der Waals surface area contributed by atoms with Crippen LogP contribution in [0.3, 0.4) is 0 Å². The zero-order valence-corrected chi connectivity index (χ0v) is 21.1. The maximum atomic E-state index is 12.6. The van der Waals surface area contributed by atoms with Gasteiger partial charge in [-0.05, 0) is 61.9 Å². The number of para-hydroxylation sites is 1. The fraction of sp³-hybridized carbons (Fsp3) is 0.241. The van der Waals surface area contributed by atoms with Crippen LogP contribution in [0.5, 0.6) is 5.75 Å². The summed E-state index contributed by atoms with van der Waals surface area (Å²) in [5, 5.41) is 3.98. The number of benzene rings is 2. The van der Waals surface area contributed by atoms with E-state index < -0.39 is 0 Å². The maximum Gasteiger partial charge on any atom is 0.248 e. The average Bonchev–Trinajstić information content (AvgIpc) is 2.93. The van der Waals surface area contributed by atoms with Gasteiger partial charge in [0.05, 0.1) is 12.1 Å². The second-order valence-corrected chi connectivity index (χ2v) is 8.85. The third-order valence-electron chi connectivity index (χ3n) is 6.34. The molecular formula is C29H30N6O2. The Morgan fingerprint density at radius 2 is 1.76 bits per heavy atom. The van der Waals surface area contributed by atoms with E-state index in [2.05, 4.69) is 38.1 Å². The number of amides is 1. The quantitative estimate of drug-likeness (QED) is 0.373. The zero-order chi connectivity index (χ0) is 25.6. The number of carbonyl (C=O) groups excluding carboxylic acids is 1. The van der Waals surface area contributed by atoms with Crippen molar-refractivity contribution in [3.05, 3.63) is 84.2 Å². The number of carbonyl (C=O) groups is 1. The molecule has 2 aromatic heterocycles. The first kappa shape index (κ1) is 24.2. The van der Waals surface area contributed by atoms with E-state index in [0.29, 0.717) is 6.61 Å². The minimum Gasteiger partial charge on any atom is -0.493 e. The zero-order valence-electron chi connectivity index (χ0n) is 21.1. The Balaban J connectivity index is 1.26. The number of nitrogens with zero attached hydrogens (tertiary/aromatic N) is 5. The minimum atomic E-state index is -0.201. The number of pyridine rings is 1. The average molecular weight is 495 g/mol. The van der Waals surface area contributed by atoms with Crippen molar-refractivity contribution in [2.45, 2.75) is 13.8 Å². The summed E-state index contributed by atoms with van der Waals surface area (Å²) in [5.41, 5.74) is 3.62. The van der Waals surface area contributed by atoms with Crippen molar-refractivity contribution in [1.82, 2.24) is 15.0 Å². The molecule has 5 rings (SSSR count). The molecule has 0 radical (unpaired) electrons. The summed E-state index contributed by atoms with van der Waals surface area (Å²) in [6, 6.07) is 17.4. The molecule has 1 saturated heterocycles. The molecule has 1 aliphatic heterocycles. The molecule has 37 heavy (non-hydrogen) atoms. The van der Waals surface area contributed by atoms with Gasteiger partial charge < -0.3 is 19.9 Å². The first-order chi connectivity index (χ1) is 18.1. The largest absolute Gasteiger partial charge is 0.493 e. The lowest BCUT2D eigenvalue weighted by Gasteiger charge is -2.35. The monoisotopic (exact) mass is 494 g/mol. The number of fused-ring (bicyclic) bond motifs is 1. The van der Waals surface area contributed by atoms with E-state index in [-0.39, 0.29) is 5.91 Å². The summed E-state index contributed by atoms with van der Waals surface area (Å²) in [5.74, 6) is 2.29. The topological polar surface area (TPSA) is 83.5 Å². The molecule has 0 atom stereocenters. The SMILES string of the molecule is CCOc1ccccc1C=CC(=O)Nc1ccc2nc(N3CCN(c4ncccn4)CC3)cc(C)c2c1. The second-order valence-electron chi connectivity index (χ2n) is 8.85. The molecule has 1 aliphatic rings. The van der Waals surface area contributed by atoms with Crippen molar-refractivity contribution in [3.8, 4) is 5.75 Å². The van der Waals surface area contributed by atoms with E-state index in [4.69, 9.17) is 9.72 Å². The van der Waals surface area contributed by atoms with Gasteiger partial charge in [-0.2, -0.15) is 0 Å². The highest BCUT2D eigenvalue weighted by molar-refractivity contribution is 6.03. The number of nitrogens with one attached hydrogen (secondary N) is 1. The van der Waals surface area contributed by atoms with E-state index >= 15 is 0 Å². The summed E-state index contributed by atoms with van der Waals surface area (Å²) in [7, 11) is 0. The minimum absolute atomic E-state index is 0.201. The van der Waals surface area contributed by atoms with Crippen molar-refractivity contribution in [2.24, 2.45) is 0 Å². The van der Waals surface area contributed by atoms with E-state index in [1.165, 1.54) is 6.08 Å². The van der Waals surface area contributed by atoms with Gasteiger partial charge in [0.25, 0.3) is 0 Å². The van der Waals surface area contributed by atoms with Gasteiger partial charge in [0.1, 0.15) is 11.6 Å². The van der Waals surface area contributed by atoms with Gasteiger partial charge in [-0.1, -0.05) is 18.2 Å².